The molecule has 3 aliphatic rings. The molecule has 0 unspecified atom stereocenters. The number of hydrogen-bond donors (Lipinski definition) is 5. The maximum absolute atomic E-state index is 11.9. The summed E-state index contributed by atoms with van der Waals surface area (Å²) in [4.78, 5) is 68.4. The number of amides is 2. The minimum atomic E-state index is -0.887. The van der Waals surface area contributed by atoms with Gasteiger partial charge in [-0.1, -0.05) is 7.43 Å². The summed E-state index contributed by atoms with van der Waals surface area (Å²) in [6, 6.07) is 7.41. The molecule has 300 valence electrons. The summed E-state index contributed by atoms with van der Waals surface area (Å²) < 4.78 is 4.43. The molecule has 0 spiro atoms. The van der Waals surface area contributed by atoms with E-state index in [2.05, 4.69) is 14.9 Å². The van der Waals surface area contributed by atoms with Crippen LogP contribution in [-0.2, 0) is 19.1 Å². The van der Waals surface area contributed by atoms with Gasteiger partial charge >= 0.3 is 23.9 Å². The van der Waals surface area contributed by atoms with Gasteiger partial charge in [0.1, 0.15) is 24.3 Å². The van der Waals surface area contributed by atoms with Crippen LogP contribution in [0.2, 0.25) is 0 Å². The van der Waals surface area contributed by atoms with Gasteiger partial charge in [-0.3, -0.25) is 34.6 Å². The van der Waals surface area contributed by atoms with Crippen molar-refractivity contribution in [1.29, 1.82) is 10.5 Å². The minimum Gasteiger partial charge on any atom is -0.504 e. The number of ether oxygens (including phenoxy) is 1. The van der Waals surface area contributed by atoms with Gasteiger partial charge in [-0.05, 0) is 63.0 Å². The van der Waals surface area contributed by atoms with Crippen LogP contribution in [0.3, 0.4) is 0 Å². The molecule has 0 radical (unpaired) electrons. The summed E-state index contributed by atoms with van der Waals surface area (Å²) in [5, 5.41) is 78.0. The number of esters is 1. The molecule has 0 aromatic heterocycles. The lowest BCUT2D eigenvalue weighted by Gasteiger charge is -2.30. The number of phenols is 4. The van der Waals surface area contributed by atoms with Gasteiger partial charge in [-0.15, -0.1) is 0 Å². The van der Waals surface area contributed by atoms with Crippen LogP contribution in [0.15, 0.2) is 29.8 Å². The number of aldehydes is 1. The largest absolute Gasteiger partial charge is 0.504 e. The first-order chi connectivity index (χ1) is 26.1. The zero-order chi connectivity index (χ0) is 41.5. The van der Waals surface area contributed by atoms with Crippen molar-refractivity contribution in [2.24, 2.45) is 0 Å². The summed E-state index contributed by atoms with van der Waals surface area (Å²) in [6.45, 7) is 13.5. The van der Waals surface area contributed by atoms with E-state index in [1.54, 1.807) is 17.9 Å². The van der Waals surface area contributed by atoms with Gasteiger partial charge in [-0.25, -0.2) is 11.4 Å². The van der Waals surface area contributed by atoms with Crippen molar-refractivity contribution >= 4 is 41.5 Å². The van der Waals surface area contributed by atoms with E-state index in [4.69, 9.17) is 27.3 Å². The van der Waals surface area contributed by atoms with Crippen LogP contribution in [0.25, 0.3) is 10.9 Å². The highest BCUT2D eigenvalue weighted by Crippen LogP contribution is 2.37. The van der Waals surface area contributed by atoms with E-state index < -0.39 is 56.1 Å². The van der Waals surface area contributed by atoms with Crippen LogP contribution in [0.1, 0.15) is 56.0 Å². The van der Waals surface area contributed by atoms with E-state index in [9.17, 15) is 49.6 Å². The van der Waals surface area contributed by atoms with Crippen LogP contribution >= 0.6 is 0 Å². The molecule has 21 heteroatoms. The SMILES string of the molecule is C.C1CNC1.N#C/C(=C\c1cc(O)c(O)c([N+](=O)[O-])c1)C(=O)N1CCC1.N#CCC(=O)N1CCC1.O=Cc1cc(O)c(O)c([N+](=O)[O-])c1.[C-]#[N+]CC(=O)OCC. The van der Waals surface area contributed by atoms with Crippen molar-refractivity contribution in [2.45, 2.75) is 40.0 Å². The molecule has 56 heavy (non-hydrogen) atoms. The molecule has 3 fully saturated rings. The molecule has 21 nitrogen and oxygen atoms in total. The smallest absolute Gasteiger partial charge is 0.387 e. The third-order valence-electron chi connectivity index (χ3n) is 7.18. The van der Waals surface area contributed by atoms with Gasteiger partial charge < -0.3 is 45.1 Å². The van der Waals surface area contributed by atoms with Crippen molar-refractivity contribution in [3.8, 4) is 35.1 Å². The Bertz CT molecular complexity index is 1860. The highest BCUT2D eigenvalue weighted by atomic mass is 16.6. The Morgan fingerprint density at radius 3 is 1.71 bits per heavy atom. The number of phenolic OH excluding ortho intramolecular Hbond substituents is 4. The Morgan fingerprint density at radius 2 is 1.38 bits per heavy atom. The molecule has 0 saturated carbocycles. The van der Waals surface area contributed by atoms with E-state index in [1.165, 1.54) is 24.4 Å². The maximum atomic E-state index is 11.9. The molecule has 5 rings (SSSR count). The lowest BCUT2D eigenvalue weighted by Crippen LogP contribution is -2.42. The Kier molecular flexibility index (Phi) is 22.3. The van der Waals surface area contributed by atoms with Crippen molar-refractivity contribution < 1.29 is 54.2 Å². The predicted octanol–water partition coefficient (Wildman–Crippen LogP) is 3.18. The monoisotopic (exact) mass is 782 g/mol. The molecule has 0 aliphatic carbocycles. The van der Waals surface area contributed by atoms with Crippen molar-refractivity contribution in [2.75, 3.05) is 52.4 Å². The number of nitro benzene ring substituents is 2. The summed E-state index contributed by atoms with van der Waals surface area (Å²) in [5.41, 5.74) is -1.56. The number of carbonyl (C=O) groups excluding carboxylic acids is 4. The number of hydrogen-bond acceptors (Lipinski definition) is 16. The van der Waals surface area contributed by atoms with E-state index in [1.807, 2.05) is 6.07 Å². The molecule has 0 bridgehead atoms. The van der Waals surface area contributed by atoms with Gasteiger partial charge in [0.05, 0.1) is 22.5 Å². The average molecular weight is 783 g/mol. The van der Waals surface area contributed by atoms with Crippen LogP contribution in [0.5, 0.6) is 23.0 Å². The zero-order valence-corrected chi connectivity index (χ0v) is 29.5. The number of nitriles is 2. The van der Waals surface area contributed by atoms with E-state index in [-0.39, 0.29) is 43.0 Å². The number of aromatic hydroxyl groups is 4. The average Bonchev–Trinajstić information content (AvgIpc) is 3.05. The van der Waals surface area contributed by atoms with Gasteiger partial charge in [0.15, 0.2) is 11.5 Å². The number of likely N-dealkylation sites (tertiary alicyclic amines) is 2. The number of nitrogens with one attached hydrogen (secondary N) is 1. The summed E-state index contributed by atoms with van der Waals surface area (Å²) in [5.74, 6) is -3.99. The molecule has 2 aromatic carbocycles. The van der Waals surface area contributed by atoms with Gasteiger partial charge in [-0.2, -0.15) is 10.5 Å². The number of nitrogens with zero attached hydrogens (tertiary/aromatic N) is 7. The molecule has 2 aromatic rings. The quantitative estimate of drug-likeness (QED) is 0.0375. The summed E-state index contributed by atoms with van der Waals surface area (Å²) >= 11 is 0. The van der Waals surface area contributed by atoms with Gasteiger partial charge in [0.25, 0.3) is 5.91 Å². The Morgan fingerprint density at radius 1 is 0.911 bits per heavy atom. The second-order valence-electron chi connectivity index (χ2n) is 11.1. The van der Waals surface area contributed by atoms with Gasteiger partial charge in [0.2, 0.25) is 17.4 Å². The fourth-order valence-electron chi connectivity index (χ4n) is 3.87. The second kappa shape index (κ2) is 25.6. The summed E-state index contributed by atoms with van der Waals surface area (Å²) in [6.07, 6.45) is 4.88. The highest BCUT2D eigenvalue weighted by Gasteiger charge is 2.25. The first kappa shape index (κ1) is 48.7. The lowest BCUT2D eigenvalue weighted by atomic mass is 10.1. The fourth-order valence-corrected chi connectivity index (χ4v) is 3.87. The topological polar surface area (TPSA) is 315 Å². The molecule has 3 aliphatic heterocycles. The summed E-state index contributed by atoms with van der Waals surface area (Å²) in [7, 11) is 0. The number of benzene rings is 2. The number of carbonyl (C=O) groups is 4. The Balaban J connectivity index is 0.000000740. The zero-order valence-electron chi connectivity index (χ0n) is 29.5. The first-order valence-electron chi connectivity index (χ1n) is 16.3. The van der Waals surface area contributed by atoms with Crippen LogP contribution in [0.4, 0.5) is 11.4 Å². The van der Waals surface area contributed by atoms with Gasteiger partial charge in [0, 0.05) is 43.9 Å². The Labute approximate surface area is 321 Å². The van der Waals surface area contributed by atoms with Crippen LogP contribution in [0, 0.1) is 49.5 Å². The second-order valence-corrected chi connectivity index (χ2v) is 11.1. The third-order valence-corrected chi connectivity index (χ3v) is 7.18. The molecule has 0 atom stereocenters. The van der Waals surface area contributed by atoms with E-state index in [0.717, 1.165) is 56.3 Å². The highest BCUT2D eigenvalue weighted by molar-refractivity contribution is 6.02. The molecule has 2 amide bonds. The lowest BCUT2D eigenvalue weighted by molar-refractivity contribution is -0.386. The van der Waals surface area contributed by atoms with Crippen molar-refractivity contribution in [3.05, 3.63) is 72.6 Å². The van der Waals surface area contributed by atoms with Crippen LogP contribution < -0.4 is 5.32 Å². The standard InChI is InChI=1S/C13H11N3O5.C7H5NO5.C6H8N2O.C5H7NO2.C3H7N.CH4/c14-7-9(13(19)15-2-1-3-15)4-8-5-10(16(20)21)12(18)11(17)6-8;9-3-4-1-5(8(12)13)7(11)6(10)2-4;7-3-2-6(9)8-4-1-5-8;1-3-8-5(7)4-6-2;1-2-4-3-1;/h4-6,17-18H,1-3H2;1-3,10-11H;1-2,4-5H2;3-4H2,1H3;4H,1-3H2;1H4/b9-4+;;;;;. The molecule has 3 saturated heterocycles. The Hall–Kier alpha value is -7.31. The number of nitro groups is 2. The maximum Gasteiger partial charge on any atom is 0.387 e. The first-order valence-corrected chi connectivity index (χ1v) is 16.3. The molecule has 3 heterocycles. The molecular weight excluding hydrogens is 740 g/mol. The van der Waals surface area contributed by atoms with E-state index >= 15 is 0 Å². The van der Waals surface area contributed by atoms with E-state index in [0.29, 0.717) is 26.0 Å². The van der Waals surface area contributed by atoms with Crippen molar-refractivity contribution in [3.63, 3.8) is 0 Å². The third kappa shape index (κ3) is 16.1. The fraction of sp³-hybridized carbons (Fsp3) is 0.400. The van der Waals surface area contributed by atoms with Crippen molar-refractivity contribution in [1.82, 2.24) is 15.1 Å². The molecular formula is C35H42N8O13. The predicted molar refractivity (Wildman–Crippen MR) is 197 cm³/mol. The normalized spacial score (nSPS) is 12.9. The van der Waals surface area contributed by atoms with Crippen LogP contribution in [-0.4, -0.2) is 117 Å². The number of rotatable bonds is 8. The molecule has 5 N–H and O–H groups in total. The minimum absolute atomic E-state index is 0.